The Kier molecular flexibility index (Phi) is 5.23. The molecule has 0 saturated carbocycles. The Bertz CT molecular complexity index is 1030. The fourth-order valence-corrected chi connectivity index (χ4v) is 5.90. The second-order valence-electron chi connectivity index (χ2n) is 6.66. The number of benzene rings is 1. The van der Waals surface area contributed by atoms with Gasteiger partial charge in [-0.25, -0.2) is 4.39 Å². The molecule has 0 fully saturated rings. The fraction of sp³-hybridized carbons (Fsp3) is 0.250. The van der Waals surface area contributed by atoms with Crippen LogP contribution in [0.4, 0.5) is 4.39 Å². The molecule has 140 valence electrons. The van der Waals surface area contributed by atoms with Gasteiger partial charge < -0.3 is 9.51 Å². The monoisotopic (exact) mass is 467 g/mol. The molecule has 27 heavy (non-hydrogen) atoms. The lowest BCUT2D eigenvalue weighted by molar-refractivity contribution is -0.137. The second kappa shape index (κ2) is 7.49. The molecular weight excluding hydrogens is 453 g/mol. The summed E-state index contributed by atoms with van der Waals surface area (Å²) in [6.07, 6.45) is 4.11. The lowest BCUT2D eigenvalue weighted by atomic mass is 9.84. The zero-order valence-corrected chi connectivity index (χ0v) is 17.4. The third-order valence-electron chi connectivity index (χ3n) is 4.87. The number of aliphatic carboxylic acids is 1. The van der Waals surface area contributed by atoms with Gasteiger partial charge in [-0.1, -0.05) is 23.4 Å². The largest absolute Gasteiger partial charge is 0.481 e. The van der Waals surface area contributed by atoms with Crippen molar-refractivity contribution in [3.63, 3.8) is 0 Å². The van der Waals surface area contributed by atoms with Gasteiger partial charge in [-0.05, 0) is 77.0 Å². The summed E-state index contributed by atoms with van der Waals surface area (Å²) in [5, 5.41) is 10.0. The van der Waals surface area contributed by atoms with E-state index in [4.69, 9.17) is 11.6 Å². The van der Waals surface area contributed by atoms with E-state index in [0.29, 0.717) is 9.50 Å². The number of carboxylic acid groups (broad SMARTS) is 1. The van der Waals surface area contributed by atoms with Crippen LogP contribution >= 0.6 is 39.3 Å². The lowest BCUT2D eigenvalue weighted by Gasteiger charge is -2.23. The van der Waals surface area contributed by atoms with Crippen molar-refractivity contribution in [3.05, 3.63) is 63.1 Å². The van der Waals surface area contributed by atoms with E-state index in [1.165, 1.54) is 12.3 Å². The zero-order valence-electron chi connectivity index (χ0n) is 14.2. The van der Waals surface area contributed by atoms with Gasteiger partial charge in [0.15, 0.2) is 0 Å². The summed E-state index contributed by atoms with van der Waals surface area (Å²) in [5.41, 5.74) is 2.94. The van der Waals surface area contributed by atoms with Gasteiger partial charge >= 0.3 is 5.97 Å². The molecule has 1 atom stereocenters. The first-order valence-corrected chi connectivity index (χ1v) is 10.6. The number of carbonyl (C=O) groups is 1. The molecule has 2 aromatic heterocycles. The Morgan fingerprint density at radius 3 is 2.81 bits per heavy atom. The average Bonchev–Trinajstić information content (AvgIpc) is 2.91. The maximum absolute atomic E-state index is 14.1. The van der Waals surface area contributed by atoms with Crippen molar-refractivity contribution in [2.24, 2.45) is 0 Å². The summed E-state index contributed by atoms with van der Waals surface area (Å²) in [7, 11) is 0. The van der Waals surface area contributed by atoms with Crippen LogP contribution in [-0.4, -0.2) is 15.5 Å². The molecule has 0 saturated heterocycles. The van der Waals surface area contributed by atoms with E-state index in [1.807, 2.05) is 28.7 Å². The minimum Gasteiger partial charge on any atom is -0.481 e. The van der Waals surface area contributed by atoms with Crippen LogP contribution in [0, 0.1) is 5.82 Å². The Morgan fingerprint density at radius 2 is 2.11 bits per heavy atom. The number of aryl methyl sites for hydroxylation is 1. The van der Waals surface area contributed by atoms with Crippen LogP contribution in [0.3, 0.4) is 0 Å². The highest BCUT2D eigenvalue weighted by Gasteiger charge is 2.31. The fourth-order valence-electron chi connectivity index (χ4n) is 3.82. The molecule has 1 aromatic carbocycles. The standard InChI is InChI=1S/C20H16BrClFNO2S/c21-15-9-13(23)10-24-16-3-1-2-11(8-17(25)26)18(16)20(19(15)24)27-14-6-4-12(22)5-7-14/h4-7,9-11H,1-3,8H2,(H,25,26). The highest BCUT2D eigenvalue weighted by atomic mass is 79.9. The summed E-state index contributed by atoms with van der Waals surface area (Å²) < 4.78 is 16.6. The van der Waals surface area contributed by atoms with E-state index < -0.39 is 5.97 Å². The smallest absolute Gasteiger partial charge is 0.303 e. The molecule has 2 heterocycles. The van der Waals surface area contributed by atoms with E-state index in [2.05, 4.69) is 15.9 Å². The zero-order chi connectivity index (χ0) is 19.1. The van der Waals surface area contributed by atoms with Crippen molar-refractivity contribution in [1.29, 1.82) is 0 Å². The number of fused-ring (bicyclic) bond motifs is 3. The number of hydrogen-bond acceptors (Lipinski definition) is 2. The molecule has 0 spiro atoms. The third kappa shape index (κ3) is 3.62. The van der Waals surface area contributed by atoms with Crippen molar-refractivity contribution >= 4 is 50.8 Å². The quantitative estimate of drug-likeness (QED) is 0.473. The van der Waals surface area contributed by atoms with E-state index in [-0.39, 0.29) is 18.2 Å². The number of halogens is 3. The molecule has 3 aromatic rings. The number of pyridine rings is 1. The first-order chi connectivity index (χ1) is 12.9. The number of rotatable bonds is 4. The first kappa shape index (κ1) is 18.8. The summed E-state index contributed by atoms with van der Waals surface area (Å²) >= 11 is 11.1. The number of aromatic nitrogens is 1. The van der Waals surface area contributed by atoms with Crippen LogP contribution in [0.25, 0.3) is 5.52 Å². The van der Waals surface area contributed by atoms with Crippen LogP contribution in [0.2, 0.25) is 5.02 Å². The Morgan fingerprint density at radius 1 is 1.37 bits per heavy atom. The highest BCUT2D eigenvalue weighted by Crippen LogP contribution is 2.47. The predicted octanol–water partition coefficient (Wildman–Crippen LogP) is 6.54. The van der Waals surface area contributed by atoms with Gasteiger partial charge in [0.2, 0.25) is 0 Å². The second-order valence-corrected chi connectivity index (χ2v) is 9.03. The Hall–Kier alpha value is -1.50. The molecule has 1 aliphatic rings. The number of nitrogens with zero attached hydrogens (tertiary/aromatic N) is 1. The molecule has 1 N–H and O–H groups in total. The maximum Gasteiger partial charge on any atom is 0.303 e. The topological polar surface area (TPSA) is 41.7 Å². The molecule has 1 unspecified atom stereocenters. The van der Waals surface area contributed by atoms with Crippen LogP contribution < -0.4 is 0 Å². The van der Waals surface area contributed by atoms with Gasteiger partial charge in [-0.15, -0.1) is 0 Å². The van der Waals surface area contributed by atoms with E-state index in [9.17, 15) is 14.3 Å². The molecule has 3 nitrogen and oxygen atoms in total. The first-order valence-electron chi connectivity index (χ1n) is 8.61. The summed E-state index contributed by atoms with van der Waals surface area (Å²) in [4.78, 5) is 13.4. The molecule has 0 amide bonds. The van der Waals surface area contributed by atoms with Crippen molar-refractivity contribution < 1.29 is 14.3 Å². The van der Waals surface area contributed by atoms with Crippen LogP contribution in [0.5, 0.6) is 0 Å². The van der Waals surface area contributed by atoms with E-state index in [1.54, 1.807) is 11.8 Å². The minimum absolute atomic E-state index is 0.0732. The predicted molar refractivity (Wildman–Crippen MR) is 109 cm³/mol. The lowest BCUT2D eigenvalue weighted by Crippen LogP contribution is -2.14. The molecule has 0 bridgehead atoms. The molecule has 1 aliphatic carbocycles. The molecule has 7 heteroatoms. The molecule has 4 rings (SSSR count). The van der Waals surface area contributed by atoms with Crippen molar-refractivity contribution in [2.75, 3.05) is 0 Å². The Balaban J connectivity index is 1.94. The van der Waals surface area contributed by atoms with Gasteiger partial charge in [0.25, 0.3) is 0 Å². The van der Waals surface area contributed by atoms with Gasteiger partial charge in [0.05, 0.1) is 11.9 Å². The van der Waals surface area contributed by atoms with Gasteiger partial charge in [-0.3, -0.25) is 4.79 Å². The highest BCUT2D eigenvalue weighted by molar-refractivity contribution is 9.10. The molecular formula is C20H16BrClFNO2S. The van der Waals surface area contributed by atoms with E-state index in [0.717, 1.165) is 45.8 Å². The van der Waals surface area contributed by atoms with Crippen LogP contribution in [0.15, 0.2) is 50.8 Å². The van der Waals surface area contributed by atoms with Crippen molar-refractivity contribution in [1.82, 2.24) is 4.40 Å². The number of hydrogen-bond donors (Lipinski definition) is 1. The van der Waals surface area contributed by atoms with Gasteiger partial charge in [0, 0.05) is 31.2 Å². The van der Waals surface area contributed by atoms with Crippen LogP contribution in [0.1, 0.15) is 36.4 Å². The SMILES string of the molecule is O=C(O)CC1CCCc2c1c(Sc1ccc(Cl)cc1)c1c(Br)cc(F)cn21. The van der Waals surface area contributed by atoms with Crippen molar-refractivity contribution in [2.45, 2.75) is 41.4 Å². The Labute approximate surface area is 173 Å². The van der Waals surface area contributed by atoms with Gasteiger partial charge in [-0.2, -0.15) is 0 Å². The third-order valence-corrected chi connectivity index (χ3v) is 6.86. The number of carboxylic acids is 1. The average molecular weight is 469 g/mol. The summed E-state index contributed by atoms with van der Waals surface area (Å²) in [6, 6.07) is 9.00. The minimum atomic E-state index is -0.809. The van der Waals surface area contributed by atoms with E-state index >= 15 is 0 Å². The molecule has 0 aliphatic heterocycles. The molecule has 0 radical (unpaired) electrons. The summed E-state index contributed by atoms with van der Waals surface area (Å²) in [6.45, 7) is 0. The maximum atomic E-state index is 14.1. The normalized spacial score (nSPS) is 16.5. The summed E-state index contributed by atoms with van der Waals surface area (Å²) in [5.74, 6) is -1.21. The van der Waals surface area contributed by atoms with Crippen molar-refractivity contribution in [3.8, 4) is 0 Å². The van der Waals surface area contributed by atoms with Crippen LogP contribution in [-0.2, 0) is 11.2 Å². The van der Waals surface area contributed by atoms with Gasteiger partial charge in [0.1, 0.15) is 5.82 Å².